The van der Waals surface area contributed by atoms with E-state index in [1.165, 1.54) is 37.4 Å². The van der Waals surface area contributed by atoms with E-state index in [2.05, 4.69) is 5.32 Å². The van der Waals surface area contributed by atoms with Crippen LogP contribution in [0.1, 0.15) is 10.4 Å². The Balaban J connectivity index is 2.19. The zero-order chi connectivity index (χ0) is 22.2. The van der Waals surface area contributed by atoms with Gasteiger partial charge in [0.25, 0.3) is 15.9 Å². The van der Waals surface area contributed by atoms with Gasteiger partial charge < -0.3 is 15.0 Å². The molecule has 1 aromatic heterocycles. The monoisotopic (exact) mass is 469 g/mol. The van der Waals surface area contributed by atoms with Crippen LogP contribution >= 0.6 is 23.2 Å². The average molecular weight is 470 g/mol. The highest BCUT2D eigenvalue weighted by Crippen LogP contribution is 2.31. The number of benzene rings is 2. The molecule has 3 rings (SSSR count). The van der Waals surface area contributed by atoms with E-state index >= 15 is 0 Å². The van der Waals surface area contributed by atoms with Gasteiger partial charge in [0.1, 0.15) is 6.54 Å². The molecule has 0 radical (unpaired) electrons. The lowest BCUT2D eigenvalue weighted by molar-refractivity contribution is -0.135. The van der Waals surface area contributed by atoms with Crippen LogP contribution in [-0.2, 0) is 21.9 Å². The van der Waals surface area contributed by atoms with Crippen LogP contribution < -0.4 is 9.62 Å². The fraction of sp³-hybridized carbons (Fsp3) is 0.158. The number of hydrogen-bond donors (Lipinski definition) is 2. The Morgan fingerprint density at radius 2 is 1.77 bits per heavy atom. The fourth-order valence-electron chi connectivity index (χ4n) is 3.09. The zero-order valence-electron chi connectivity index (χ0n) is 15.9. The summed E-state index contributed by atoms with van der Waals surface area (Å²) in [6.45, 7) is -0.815. The molecule has 158 valence electrons. The molecular weight excluding hydrogens is 453 g/mol. The quantitative estimate of drug-likeness (QED) is 0.576. The lowest BCUT2D eigenvalue weighted by Gasteiger charge is -2.23. The number of halogens is 2. The van der Waals surface area contributed by atoms with Gasteiger partial charge in [0.05, 0.1) is 21.7 Å². The molecule has 0 aliphatic carbocycles. The SMILES string of the molecule is CNC(=O)c1cn(C)c2cc(N(CC(=O)O)S(=O)(=O)c3cc(Cl)cc(Cl)c3)ccc12. The lowest BCUT2D eigenvalue weighted by atomic mass is 10.1. The number of carbonyl (C=O) groups is 2. The third-order valence-electron chi connectivity index (χ3n) is 4.44. The van der Waals surface area contributed by atoms with Crippen LogP contribution in [-0.4, -0.2) is 43.6 Å². The maximum absolute atomic E-state index is 13.2. The number of hydrogen-bond acceptors (Lipinski definition) is 4. The maximum Gasteiger partial charge on any atom is 0.324 e. The molecule has 1 heterocycles. The van der Waals surface area contributed by atoms with Gasteiger partial charge in [0.15, 0.2) is 0 Å². The smallest absolute Gasteiger partial charge is 0.324 e. The minimum atomic E-state index is -4.29. The van der Waals surface area contributed by atoms with Crippen LogP contribution in [0, 0.1) is 0 Å². The van der Waals surface area contributed by atoms with E-state index in [0.717, 1.165) is 4.31 Å². The van der Waals surface area contributed by atoms with E-state index in [0.29, 0.717) is 16.5 Å². The number of nitrogens with zero attached hydrogens (tertiary/aromatic N) is 2. The predicted molar refractivity (Wildman–Crippen MR) is 115 cm³/mol. The van der Waals surface area contributed by atoms with Gasteiger partial charge in [-0.15, -0.1) is 0 Å². The summed E-state index contributed by atoms with van der Waals surface area (Å²) in [6.07, 6.45) is 1.61. The summed E-state index contributed by atoms with van der Waals surface area (Å²) < 4.78 is 28.9. The number of aliphatic carboxylic acids is 1. The third-order valence-corrected chi connectivity index (χ3v) is 6.62. The van der Waals surface area contributed by atoms with Gasteiger partial charge in [0, 0.05) is 35.7 Å². The first kappa shape index (κ1) is 21.9. The highest BCUT2D eigenvalue weighted by Gasteiger charge is 2.28. The average Bonchev–Trinajstić information content (AvgIpc) is 3.00. The van der Waals surface area contributed by atoms with Crippen molar-refractivity contribution >= 4 is 61.7 Å². The molecule has 0 aliphatic heterocycles. The number of aromatic nitrogens is 1. The van der Waals surface area contributed by atoms with Crippen LogP contribution in [0.25, 0.3) is 10.9 Å². The Labute approximate surface area is 182 Å². The molecule has 2 N–H and O–H groups in total. The second kappa shape index (κ2) is 8.17. The van der Waals surface area contributed by atoms with Crippen molar-refractivity contribution in [1.29, 1.82) is 0 Å². The molecule has 2 aromatic carbocycles. The molecule has 0 unspecified atom stereocenters. The van der Waals surface area contributed by atoms with Gasteiger partial charge in [0.2, 0.25) is 0 Å². The number of carboxylic acids is 1. The standard InChI is InChI=1S/C19H17Cl2N3O5S/c1-22-19(27)16-9-23(2)17-8-13(3-4-15(16)17)24(10-18(25)26)30(28,29)14-6-11(20)5-12(21)7-14/h3-9H,10H2,1-2H3,(H,22,27)(H,25,26). The third kappa shape index (κ3) is 4.09. The molecule has 0 aliphatic rings. The number of sulfonamides is 1. The first-order chi connectivity index (χ1) is 14.0. The predicted octanol–water partition coefficient (Wildman–Crippen LogP) is 3.12. The van der Waals surface area contributed by atoms with Gasteiger partial charge in [-0.1, -0.05) is 23.2 Å². The van der Waals surface area contributed by atoms with E-state index < -0.39 is 22.5 Å². The second-order valence-electron chi connectivity index (χ2n) is 6.44. The van der Waals surface area contributed by atoms with Crippen molar-refractivity contribution in [2.45, 2.75) is 4.90 Å². The number of amides is 1. The first-order valence-electron chi connectivity index (χ1n) is 8.56. The van der Waals surface area contributed by atoms with Crippen molar-refractivity contribution in [2.75, 3.05) is 17.9 Å². The Bertz CT molecular complexity index is 1250. The highest BCUT2D eigenvalue weighted by atomic mass is 35.5. The van der Waals surface area contributed by atoms with Crippen molar-refractivity contribution in [1.82, 2.24) is 9.88 Å². The van der Waals surface area contributed by atoms with Crippen molar-refractivity contribution in [3.05, 3.63) is 58.2 Å². The number of carboxylic acid groups (broad SMARTS) is 1. The van der Waals surface area contributed by atoms with E-state index in [1.54, 1.807) is 23.9 Å². The summed E-state index contributed by atoms with van der Waals surface area (Å²) >= 11 is 11.9. The van der Waals surface area contributed by atoms with Gasteiger partial charge in [-0.2, -0.15) is 0 Å². The van der Waals surface area contributed by atoms with Crippen molar-refractivity contribution in [2.24, 2.45) is 7.05 Å². The van der Waals surface area contributed by atoms with E-state index in [9.17, 15) is 23.1 Å². The minimum Gasteiger partial charge on any atom is -0.480 e. The molecule has 8 nitrogen and oxygen atoms in total. The molecule has 1 amide bonds. The Kier molecular flexibility index (Phi) is 5.98. The second-order valence-corrected chi connectivity index (χ2v) is 9.18. The normalized spacial score (nSPS) is 11.5. The van der Waals surface area contributed by atoms with Crippen molar-refractivity contribution in [3.63, 3.8) is 0 Å². The summed E-state index contributed by atoms with van der Waals surface area (Å²) in [5, 5.41) is 12.7. The molecular formula is C19H17Cl2N3O5S. The van der Waals surface area contributed by atoms with Crippen molar-refractivity contribution < 1.29 is 23.1 Å². The summed E-state index contributed by atoms with van der Waals surface area (Å²) in [6, 6.07) is 8.30. The number of aryl methyl sites for hydroxylation is 1. The Hall–Kier alpha value is -2.75. The Morgan fingerprint density at radius 3 is 2.33 bits per heavy atom. The van der Waals surface area contributed by atoms with Gasteiger partial charge in [-0.3, -0.25) is 13.9 Å². The van der Waals surface area contributed by atoms with E-state index in [1.807, 2.05) is 0 Å². The summed E-state index contributed by atoms with van der Waals surface area (Å²) in [4.78, 5) is 23.3. The molecule has 0 saturated heterocycles. The zero-order valence-corrected chi connectivity index (χ0v) is 18.2. The number of fused-ring (bicyclic) bond motifs is 1. The van der Waals surface area contributed by atoms with Crippen LogP contribution in [0.4, 0.5) is 5.69 Å². The first-order valence-corrected chi connectivity index (χ1v) is 10.8. The highest BCUT2D eigenvalue weighted by molar-refractivity contribution is 7.92. The van der Waals surface area contributed by atoms with Crippen LogP contribution in [0.3, 0.4) is 0 Å². The minimum absolute atomic E-state index is 0.101. The molecule has 0 fully saturated rings. The molecule has 0 atom stereocenters. The summed E-state index contributed by atoms with van der Waals surface area (Å²) in [5.41, 5.74) is 1.09. The molecule has 11 heteroatoms. The molecule has 30 heavy (non-hydrogen) atoms. The topological polar surface area (TPSA) is 109 Å². The van der Waals surface area contributed by atoms with Crippen LogP contribution in [0.2, 0.25) is 10.0 Å². The molecule has 0 spiro atoms. The summed E-state index contributed by atoms with van der Waals surface area (Å²) in [7, 11) is -1.09. The maximum atomic E-state index is 13.2. The molecule has 0 bridgehead atoms. The number of carbonyl (C=O) groups excluding carboxylic acids is 1. The van der Waals surface area contributed by atoms with Crippen LogP contribution in [0.15, 0.2) is 47.5 Å². The largest absolute Gasteiger partial charge is 0.480 e. The van der Waals surface area contributed by atoms with Gasteiger partial charge in [-0.25, -0.2) is 8.42 Å². The number of rotatable bonds is 6. The van der Waals surface area contributed by atoms with Crippen molar-refractivity contribution in [3.8, 4) is 0 Å². The van der Waals surface area contributed by atoms with Gasteiger partial charge in [-0.05, 0) is 36.4 Å². The fourth-order valence-corrected chi connectivity index (χ4v) is 5.22. The number of nitrogens with one attached hydrogen (secondary N) is 1. The van der Waals surface area contributed by atoms with E-state index in [4.69, 9.17) is 23.2 Å². The lowest BCUT2D eigenvalue weighted by Crippen LogP contribution is -2.35. The molecule has 3 aromatic rings. The van der Waals surface area contributed by atoms with Crippen LogP contribution in [0.5, 0.6) is 0 Å². The molecule has 0 saturated carbocycles. The Morgan fingerprint density at radius 1 is 1.13 bits per heavy atom. The van der Waals surface area contributed by atoms with E-state index in [-0.39, 0.29) is 26.5 Å². The summed E-state index contributed by atoms with van der Waals surface area (Å²) in [5.74, 6) is -1.64. The number of anilines is 1. The van der Waals surface area contributed by atoms with Gasteiger partial charge >= 0.3 is 5.97 Å².